The van der Waals surface area contributed by atoms with E-state index in [4.69, 9.17) is 4.74 Å². The number of aryl methyl sites for hydroxylation is 2. The van der Waals surface area contributed by atoms with Crippen molar-refractivity contribution in [3.63, 3.8) is 0 Å². The Kier molecular flexibility index (Phi) is 7.80. The number of halogens is 1. The molecule has 2 amide bonds. The van der Waals surface area contributed by atoms with Crippen LogP contribution >= 0.6 is 11.3 Å². The Balaban J connectivity index is 1.81. The van der Waals surface area contributed by atoms with Crippen LogP contribution in [0.1, 0.15) is 64.1 Å². The SMILES string of the molecule is COc1ccc([C@@H](C(=O)NC2CCCCC2)N(C(=O)c2sc(C)nc2C)c2ccc(F)cc2)cc1. The Hall–Kier alpha value is -3.26. The van der Waals surface area contributed by atoms with E-state index in [1.165, 1.54) is 46.9 Å². The lowest BCUT2D eigenvalue weighted by molar-refractivity contribution is -0.123. The number of amides is 2. The van der Waals surface area contributed by atoms with Crippen LogP contribution in [-0.2, 0) is 4.79 Å². The molecule has 2 aromatic carbocycles. The van der Waals surface area contributed by atoms with Crippen LogP contribution in [0.25, 0.3) is 0 Å². The highest BCUT2D eigenvalue weighted by Gasteiger charge is 2.36. The summed E-state index contributed by atoms with van der Waals surface area (Å²) in [5, 5.41) is 3.95. The molecule has 1 aliphatic carbocycles. The quantitative estimate of drug-likeness (QED) is 0.453. The molecule has 1 aromatic heterocycles. The van der Waals surface area contributed by atoms with Gasteiger partial charge in [-0.05, 0) is 68.7 Å². The molecule has 35 heavy (non-hydrogen) atoms. The van der Waals surface area contributed by atoms with Crippen LogP contribution in [0.3, 0.4) is 0 Å². The Morgan fingerprint density at radius 1 is 1.06 bits per heavy atom. The standard InChI is InChI=1S/C27H30FN3O3S/c1-17-25(35-18(2)29-17)27(33)31(22-13-11-20(28)12-14-22)24(19-9-15-23(34-3)16-10-19)26(32)30-21-7-5-4-6-8-21/h9-16,21,24H,4-8H2,1-3H3,(H,30,32)/t24-/m0/s1. The highest BCUT2D eigenvalue weighted by molar-refractivity contribution is 7.13. The molecular formula is C27H30FN3O3S. The van der Waals surface area contributed by atoms with Crippen LogP contribution in [0, 0.1) is 19.7 Å². The van der Waals surface area contributed by atoms with E-state index in [1.54, 1.807) is 38.3 Å². The molecule has 0 spiro atoms. The van der Waals surface area contributed by atoms with Crippen LogP contribution < -0.4 is 15.0 Å². The number of benzene rings is 2. The maximum Gasteiger partial charge on any atom is 0.271 e. The topological polar surface area (TPSA) is 71.5 Å². The van der Waals surface area contributed by atoms with Gasteiger partial charge in [-0.1, -0.05) is 31.4 Å². The van der Waals surface area contributed by atoms with Gasteiger partial charge in [-0.25, -0.2) is 9.37 Å². The molecule has 184 valence electrons. The zero-order valence-corrected chi connectivity index (χ0v) is 21.0. The van der Waals surface area contributed by atoms with E-state index in [1.807, 2.05) is 6.92 Å². The maximum absolute atomic E-state index is 14.0. The minimum Gasteiger partial charge on any atom is -0.497 e. The first kappa shape index (κ1) is 24.9. The largest absolute Gasteiger partial charge is 0.497 e. The zero-order chi connectivity index (χ0) is 24.9. The Morgan fingerprint density at radius 3 is 2.29 bits per heavy atom. The number of nitrogens with one attached hydrogen (secondary N) is 1. The Labute approximate surface area is 209 Å². The van der Waals surface area contributed by atoms with Gasteiger partial charge in [-0.3, -0.25) is 14.5 Å². The van der Waals surface area contributed by atoms with Crippen molar-refractivity contribution < 1.29 is 18.7 Å². The number of thiazole rings is 1. The number of rotatable bonds is 7. The normalized spacial score (nSPS) is 14.9. The molecule has 0 radical (unpaired) electrons. The second-order valence-corrected chi connectivity index (χ2v) is 10.0. The van der Waals surface area contributed by atoms with E-state index in [0.717, 1.165) is 30.7 Å². The molecule has 0 aliphatic heterocycles. The van der Waals surface area contributed by atoms with Gasteiger partial charge in [0.2, 0.25) is 5.91 Å². The molecule has 1 saturated carbocycles. The van der Waals surface area contributed by atoms with Gasteiger partial charge in [0.15, 0.2) is 0 Å². The number of carbonyl (C=O) groups is 2. The summed E-state index contributed by atoms with van der Waals surface area (Å²) in [6.07, 6.45) is 5.13. The summed E-state index contributed by atoms with van der Waals surface area (Å²) in [7, 11) is 1.57. The molecule has 1 heterocycles. The third kappa shape index (κ3) is 5.70. The van der Waals surface area contributed by atoms with Crippen molar-refractivity contribution in [2.24, 2.45) is 0 Å². The second kappa shape index (κ2) is 11.0. The average Bonchev–Trinajstić information content (AvgIpc) is 3.21. The number of nitrogens with zero attached hydrogens (tertiary/aromatic N) is 2. The lowest BCUT2D eigenvalue weighted by atomic mass is 9.94. The molecule has 1 atom stereocenters. The number of carbonyl (C=O) groups excluding carboxylic acids is 2. The van der Waals surface area contributed by atoms with Crippen LogP contribution in [0.4, 0.5) is 10.1 Å². The molecule has 8 heteroatoms. The van der Waals surface area contributed by atoms with E-state index in [2.05, 4.69) is 10.3 Å². The zero-order valence-electron chi connectivity index (χ0n) is 20.2. The first-order chi connectivity index (χ1) is 16.9. The van der Waals surface area contributed by atoms with Crippen molar-refractivity contribution in [2.75, 3.05) is 12.0 Å². The van der Waals surface area contributed by atoms with Gasteiger partial charge in [0.25, 0.3) is 5.91 Å². The number of hydrogen-bond acceptors (Lipinski definition) is 5. The molecule has 4 rings (SSSR count). The minimum absolute atomic E-state index is 0.0644. The third-order valence-corrected chi connectivity index (χ3v) is 7.37. The highest BCUT2D eigenvalue weighted by Crippen LogP contribution is 2.33. The summed E-state index contributed by atoms with van der Waals surface area (Å²) in [5.74, 6) is -0.384. The third-order valence-electron chi connectivity index (χ3n) is 6.31. The number of hydrogen-bond donors (Lipinski definition) is 1. The monoisotopic (exact) mass is 495 g/mol. The molecule has 0 unspecified atom stereocenters. The molecule has 0 saturated heterocycles. The molecule has 0 bridgehead atoms. The molecule has 1 N–H and O–H groups in total. The minimum atomic E-state index is -0.956. The van der Waals surface area contributed by atoms with E-state index in [-0.39, 0.29) is 17.9 Å². The average molecular weight is 496 g/mol. The van der Waals surface area contributed by atoms with E-state index >= 15 is 0 Å². The van der Waals surface area contributed by atoms with Gasteiger partial charge < -0.3 is 10.1 Å². The molecule has 1 fully saturated rings. The van der Waals surface area contributed by atoms with Crippen molar-refractivity contribution in [1.82, 2.24) is 10.3 Å². The summed E-state index contributed by atoms with van der Waals surface area (Å²) >= 11 is 1.29. The van der Waals surface area contributed by atoms with Gasteiger partial charge in [0.1, 0.15) is 22.5 Å². The highest BCUT2D eigenvalue weighted by atomic mass is 32.1. The van der Waals surface area contributed by atoms with E-state index in [0.29, 0.717) is 27.6 Å². The number of ether oxygens (including phenoxy) is 1. The van der Waals surface area contributed by atoms with Crippen molar-refractivity contribution in [3.8, 4) is 5.75 Å². The molecule has 6 nitrogen and oxygen atoms in total. The van der Waals surface area contributed by atoms with Gasteiger partial charge in [0.05, 0.1) is 17.8 Å². The maximum atomic E-state index is 14.0. The van der Waals surface area contributed by atoms with E-state index in [9.17, 15) is 14.0 Å². The molecular weight excluding hydrogens is 465 g/mol. The van der Waals surface area contributed by atoms with Crippen molar-refractivity contribution >= 4 is 28.8 Å². The van der Waals surface area contributed by atoms with Gasteiger partial charge >= 0.3 is 0 Å². The lowest BCUT2D eigenvalue weighted by Gasteiger charge is -2.33. The fourth-order valence-electron chi connectivity index (χ4n) is 4.56. The summed E-state index contributed by atoms with van der Waals surface area (Å²) in [6.45, 7) is 3.62. The van der Waals surface area contributed by atoms with Gasteiger partial charge in [-0.2, -0.15) is 0 Å². The van der Waals surface area contributed by atoms with E-state index < -0.39 is 11.9 Å². The van der Waals surface area contributed by atoms with Crippen molar-refractivity contribution in [3.05, 3.63) is 75.5 Å². The molecule has 3 aromatic rings. The fourth-order valence-corrected chi connectivity index (χ4v) is 5.41. The van der Waals surface area contributed by atoms with Crippen molar-refractivity contribution in [2.45, 2.75) is 58.0 Å². The van der Waals surface area contributed by atoms with Gasteiger partial charge in [-0.15, -0.1) is 11.3 Å². The first-order valence-electron chi connectivity index (χ1n) is 11.8. The summed E-state index contributed by atoms with van der Waals surface area (Å²) in [6, 6.07) is 11.9. The summed E-state index contributed by atoms with van der Waals surface area (Å²) in [4.78, 5) is 34.2. The predicted octanol–water partition coefficient (Wildman–Crippen LogP) is 5.74. The van der Waals surface area contributed by atoms with Crippen LogP contribution in [0.15, 0.2) is 48.5 Å². The van der Waals surface area contributed by atoms with Crippen LogP contribution in [-0.4, -0.2) is 29.9 Å². The number of anilines is 1. The Bertz CT molecular complexity index is 1170. The summed E-state index contributed by atoms with van der Waals surface area (Å²) < 4.78 is 19.1. The Morgan fingerprint density at radius 2 is 1.71 bits per heavy atom. The molecule has 1 aliphatic rings. The lowest BCUT2D eigenvalue weighted by Crippen LogP contribution is -2.47. The number of methoxy groups -OCH3 is 1. The predicted molar refractivity (Wildman–Crippen MR) is 136 cm³/mol. The number of aromatic nitrogens is 1. The smallest absolute Gasteiger partial charge is 0.271 e. The van der Waals surface area contributed by atoms with Crippen molar-refractivity contribution in [1.29, 1.82) is 0 Å². The van der Waals surface area contributed by atoms with Crippen LogP contribution in [0.2, 0.25) is 0 Å². The van der Waals surface area contributed by atoms with Crippen LogP contribution in [0.5, 0.6) is 5.75 Å². The summed E-state index contributed by atoms with van der Waals surface area (Å²) in [5.41, 5.74) is 1.67. The fraction of sp³-hybridized carbons (Fsp3) is 0.370. The van der Waals surface area contributed by atoms with Gasteiger partial charge in [0, 0.05) is 11.7 Å². The second-order valence-electron chi connectivity index (χ2n) is 8.82. The first-order valence-corrected chi connectivity index (χ1v) is 12.7.